The molecule has 100 valence electrons. The first-order chi connectivity index (χ1) is 9.18. The number of nitriles is 1. The average Bonchev–Trinajstić information content (AvgIpc) is 2.46. The molecule has 1 N–H and O–H groups in total. The van der Waals surface area contributed by atoms with Gasteiger partial charge in [0.25, 0.3) is 0 Å². The van der Waals surface area contributed by atoms with Crippen molar-refractivity contribution in [3.05, 3.63) is 34.3 Å². The lowest BCUT2D eigenvalue weighted by Crippen LogP contribution is -2.43. The van der Waals surface area contributed by atoms with Gasteiger partial charge >= 0.3 is 0 Å². The summed E-state index contributed by atoms with van der Waals surface area (Å²) >= 11 is 3.44. The minimum Gasteiger partial charge on any atom is -0.381 e. The molecule has 0 saturated carbocycles. The van der Waals surface area contributed by atoms with Gasteiger partial charge in [-0.25, -0.2) is 0 Å². The normalized spacial score (nSPS) is 17.5. The van der Waals surface area contributed by atoms with E-state index in [0.29, 0.717) is 32.6 Å². The van der Waals surface area contributed by atoms with E-state index in [-0.39, 0.29) is 5.91 Å². The summed E-state index contributed by atoms with van der Waals surface area (Å²) in [6.45, 7) is 1.36. The van der Waals surface area contributed by atoms with Gasteiger partial charge in [-0.05, 0) is 24.5 Å². The van der Waals surface area contributed by atoms with E-state index in [1.165, 1.54) is 0 Å². The maximum atomic E-state index is 12.2. The van der Waals surface area contributed by atoms with Crippen molar-refractivity contribution in [1.82, 2.24) is 5.32 Å². The van der Waals surface area contributed by atoms with Crippen LogP contribution in [0.25, 0.3) is 0 Å². The molecule has 4 nitrogen and oxygen atoms in total. The van der Waals surface area contributed by atoms with Crippen LogP contribution in [0.5, 0.6) is 0 Å². The third kappa shape index (κ3) is 3.14. The highest BCUT2D eigenvalue weighted by molar-refractivity contribution is 9.10. The number of amides is 1. The van der Waals surface area contributed by atoms with E-state index >= 15 is 0 Å². The van der Waals surface area contributed by atoms with Crippen LogP contribution in [0.3, 0.4) is 0 Å². The first-order valence-corrected chi connectivity index (χ1v) is 6.98. The molecule has 0 spiro atoms. The molecule has 1 aliphatic rings. The van der Waals surface area contributed by atoms with Gasteiger partial charge in [-0.1, -0.05) is 34.1 Å². The van der Waals surface area contributed by atoms with Gasteiger partial charge in [0.2, 0.25) is 5.91 Å². The quantitative estimate of drug-likeness (QED) is 0.929. The van der Waals surface area contributed by atoms with E-state index < -0.39 is 5.41 Å². The minimum absolute atomic E-state index is 0.200. The Labute approximate surface area is 120 Å². The van der Waals surface area contributed by atoms with Crippen molar-refractivity contribution in [1.29, 1.82) is 5.26 Å². The fourth-order valence-electron chi connectivity index (χ4n) is 2.10. The van der Waals surface area contributed by atoms with Crippen LogP contribution in [0, 0.1) is 16.7 Å². The molecule has 0 unspecified atom stereocenters. The number of carbonyl (C=O) groups is 1. The number of carbonyl (C=O) groups excluding carboxylic acids is 1. The molecule has 1 saturated heterocycles. The molecule has 0 radical (unpaired) electrons. The van der Waals surface area contributed by atoms with E-state index in [1.807, 2.05) is 24.3 Å². The number of nitrogens with one attached hydrogen (secondary N) is 1. The highest BCUT2D eigenvalue weighted by Gasteiger charge is 2.40. The van der Waals surface area contributed by atoms with Crippen LogP contribution in [-0.2, 0) is 16.1 Å². The molecule has 0 aromatic heterocycles. The van der Waals surface area contributed by atoms with E-state index in [4.69, 9.17) is 4.74 Å². The average molecular weight is 323 g/mol. The number of ether oxygens (including phenoxy) is 1. The molecule has 2 rings (SSSR count). The summed E-state index contributed by atoms with van der Waals surface area (Å²) in [6, 6.07) is 9.87. The fraction of sp³-hybridized carbons (Fsp3) is 0.429. The second kappa shape index (κ2) is 6.18. The van der Waals surface area contributed by atoms with E-state index in [2.05, 4.69) is 27.3 Å². The van der Waals surface area contributed by atoms with Crippen LogP contribution in [0.15, 0.2) is 28.7 Å². The maximum Gasteiger partial charge on any atom is 0.240 e. The van der Waals surface area contributed by atoms with Gasteiger partial charge in [0, 0.05) is 24.2 Å². The third-order valence-corrected chi connectivity index (χ3v) is 4.17. The van der Waals surface area contributed by atoms with Gasteiger partial charge < -0.3 is 10.1 Å². The van der Waals surface area contributed by atoms with Crippen LogP contribution in [-0.4, -0.2) is 19.1 Å². The van der Waals surface area contributed by atoms with Gasteiger partial charge in [0.1, 0.15) is 5.41 Å². The lowest BCUT2D eigenvalue weighted by Gasteiger charge is -2.29. The summed E-state index contributed by atoms with van der Waals surface area (Å²) in [4.78, 5) is 12.2. The lowest BCUT2D eigenvalue weighted by atomic mass is 9.81. The Kier molecular flexibility index (Phi) is 4.56. The van der Waals surface area contributed by atoms with Crippen molar-refractivity contribution in [2.45, 2.75) is 19.4 Å². The van der Waals surface area contributed by atoms with Gasteiger partial charge in [0.15, 0.2) is 0 Å². The maximum absolute atomic E-state index is 12.2. The number of rotatable bonds is 3. The predicted molar refractivity (Wildman–Crippen MR) is 74.1 cm³/mol. The third-order valence-electron chi connectivity index (χ3n) is 3.39. The summed E-state index contributed by atoms with van der Waals surface area (Å²) in [7, 11) is 0. The Morgan fingerprint density at radius 3 is 2.74 bits per heavy atom. The largest absolute Gasteiger partial charge is 0.381 e. The van der Waals surface area contributed by atoms with Crippen LogP contribution in [0.4, 0.5) is 0 Å². The number of nitrogens with zero attached hydrogens (tertiary/aromatic N) is 1. The number of hydrogen-bond donors (Lipinski definition) is 1. The molecular weight excluding hydrogens is 308 g/mol. The second-order valence-electron chi connectivity index (χ2n) is 4.58. The molecule has 1 aliphatic heterocycles. The highest BCUT2D eigenvalue weighted by Crippen LogP contribution is 2.30. The van der Waals surface area contributed by atoms with E-state index in [0.717, 1.165) is 10.0 Å². The number of hydrogen-bond acceptors (Lipinski definition) is 3. The molecule has 1 aromatic carbocycles. The lowest BCUT2D eigenvalue weighted by molar-refractivity contribution is -0.132. The van der Waals surface area contributed by atoms with Crippen molar-refractivity contribution in [3.8, 4) is 6.07 Å². The van der Waals surface area contributed by atoms with Crippen LogP contribution in [0.1, 0.15) is 18.4 Å². The molecule has 0 bridgehead atoms. The first-order valence-electron chi connectivity index (χ1n) is 6.19. The Balaban J connectivity index is 2.01. The molecule has 0 atom stereocenters. The predicted octanol–water partition coefficient (Wildman–Crippen LogP) is 2.39. The molecule has 19 heavy (non-hydrogen) atoms. The minimum atomic E-state index is -0.931. The Hall–Kier alpha value is -1.38. The van der Waals surface area contributed by atoms with Crippen molar-refractivity contribution < 1.29 is 9.53 Å². The molecule has 1 aromatic rings. The van der Waals surface area contributed by atoms with Gasteiger partial charge in [-0.2, -0.15) is 5.26 Å². The standard InChI is InChI=1S/C14H15BrN2O2/c15-12-4-2-1-3-11(12)9-17-13(18)14(10-16)5-7-19-8-6-14/h1-4H,5-9H2,(H,17,18). The summed E-state index contributed by atoms with van der Waals surface area (Å²) in [5, 5.41) is 12.1. The zero-order valence-electron chi connectivity index (χ0n) is 10.5. The molecule has 5 heteroatoms. The summed E-state index contributed by atoms with van der Waals surface area (Å²) in [5.41, 5.74) is 0.0653. The van der Waals surface area contributed by atoms with Crippen molar-refractivity contribution >= 4 is 21.8 Å². The SMILES string of the molecule is N#CC1(C(=O)NCc2ccccc2Br)CCOCC1. The summed E-state index contributed by atoms with van der Waals surface area (Å²) < 4.78 is 6.17. The van der Waals surface area contributed by atoms with Crippen LogP contribution >= 0.6 is 15.9 Å². The van der Waals surface area contributed by atoms with E-state index in [9.17, 15) is 10.1 Å². The molecule has 0 aliphatic carbocycles. The van der Waals surface area contributed by atoms with Crippen LogP contribution < -0.4 is 5.32 Å². The Morgan fingerprint density at radius 2 is 2.11 bits per heavy atom. The van der Waals surface area contributed by atoms with E-state index in [1.54, 1.807) is 0 Å². The van der Waals surface area contributed by atoms with Gasteiger partial charge in [-0.3, -0.25) is 4.79 Å². The van der Waals surface area contributed by atoms with Crippen molar-refractivity contribution in [2.24, 2.45) is 5.41 Å². The van der Waals surface area contributed by atoms with Crippen molar-refractivity contribution in [3.63, 3.8) is 0 Å². The molecule has 1 amide bonds. The van der Waals surface area contributed by atoms with Crippen LogP contribution in [0.2, 0.25) is 0 Å². The number of benzene rings is 1. The van der Waals surface area contributed by atoms with Gasteiger partial charge in [-0.15, -0.1) is 0 Å². The Morgan fingerprint density at radius 1 is 1.42 bits per heavy atom. The molecular formula is C14H15BrN2O2. The van der Waals surface area contributed by atoms with Crippen molar-refractivity contribution in [2.75, 3.05) is 13.2 Å². The smallest absolute Gasteiger partial charge is 0.240 e. The highest BCUT2D eigenvalue weighted by atomic mass is 79.9. The van der Waals surface area contributed by atoms with Gasteiger partial charge in [0.05, 0.1) is 6.07 Å². The monoisotopic (exact) mass is 322 g/mol. The zero-order chi connectivity index (χ0) is 13.7. The topological polar surface area (TPSA) is 62.1 Å². The molecule has 1 heterocycles. The summed E-state index contributed by atoms with van der Waals surface area (Å²) in [5.74, 6) is -0.200. The fourth-order valence-corrected chi connectivity index (χ4v) is 2.52. The summed E-state index contributed by atoms with van der Waals surface area (Å²) in [6.07, 6.45) is 0.927. The molecule has 1 fully saturated rings. The zero-order valence-corrected chi connectivity index (χ0v) is 12.1. The number of halogens is 1. The Bertz CT molecular complexity index is 504. The second-order valence-corrected chi connectivity index (χ2v) is 5.43. The first kappa shape index (κ1) is 14.0.